The van der Waals surface area contributed by atoms with Crippen LogP contribution >= 0.6 is 11.8 Å². The summed E-state index contributed by atoms with van der Waals surface area (Å²) in [5.41, 5.74) is 0.556. The molecule has 0 saturated carbocycles. The van der Waals surface area contributed by atoms with E-state index in [2.05, 4.69) is 10.6 Å². The van der Waals surface area contributed by atoms with Crippen molar-refractivity contribution in [2.45, 2.75) is 32.1 Å². The van der Waals surface area contributed by atoms with Crippen LogP contribution in [0, 0.1) is 5.41 Å². The summed E-state index contributed by atoms with van der Waals surface area (Å²) in [7, 11) is 0. The largest absolute Gasteiger partial charge is 0.507 e. The number of amides is 2. The monoisotopic (exact) mass is 416 g/mol. The molecule has 29 heavy (non-hydrogen) atoms. The number of carboxylic acid groups (broad SMARTS) is 1. The average Bonchev–Trinajstić information content (AvgIpc) is 2.60. The van der Waals surface area contributed by atoms with Crippen LogP contribution in [0.1, 0.15) is 37.6 Å². The first-order valence-electron chi connectivity index (χ1n) is 8.92. The normalized spacial score (nSPS) is 11.0. The molecule has 7 nitrogen and oxygen atoms in total. The standard InChI is InChI=1S/C21H24N2O5S/c1-21(2,3)11-18(25)22-13-5-4-6-15(9-13)29-12-19(26)23-14-7-8-17(24)16(10-14)20(27)28/h4-10,24H,11-12H2,1-3H3,(H,22,25)(H,23,26)(H,27,28). The summed E-state index contributed by atoms with van der Waals surface area (Å²) in [4.78, 5) is 36.1. The number of aromatic carboxylic acids is 1. The second-order valence-corrected chi connectivity index (χ2v) is 8.74. The fourth-order valence-corrected chi connectivity index (χ4v) is 3.24. The van der Waals surface area contributed by atoms with Crippen molar-refractivity contribution in [3.63, 3.8) is 0 Å². The predicted molar refractivity (Wildman–Crippen MR) is 114 cm³/mol. The zero-order valence-electron chi connectivity index (χ0n) is 16.5. The number of phenols is 1. The molecule has 2 aromatic rings. The summed E-state index contributed by atoms with van der Waals surface area (Å²) in [6.07, 6.45) is 0.401. The maximum absolute atomic E-state index is 12.2. The lowest BCUT2D eigenvalue weighted by atomic mass is 9.92. The van der Waals surface area contributed by atoms with E-state index >= 15 is 0 Å². The Kier molecular flexibility index (Phi) is 7.28. The molecule has 2 amide bonds. The van der Waals surface area contributed by atoms with Crippen LogP contribution in [0.15, 0.2) is 47.4 Å². The topological polar surface area (TPSA) is 116 Å². The van der Waals surface area contributed by atoms with E-state index in [1.807, 2.05) is 26.8 Å². The van der Waals surface area contributed by atoms with Gasteiger partial charge in [-0.15, -0.1) is 11.8 Å². The minimum atomic E-state index is -1.28. The molecule has 0 heterocycles. The van der Waals surface area contributed by atoms with Crippen molar-refractivity contribution < 1.29 is 24.6 Å². The highest BCUT2D eigenvalue weighted by molar-refractivity contribution is 8.00. The molecule has 2 aromatic carbocycles. The number of rotatable bonds is 7. The molecular formula is C21H24N2O5S. The molecule has 0 saturated heterocycles. The summed E-state index contributed by atoms with van der Waals surface area (Å²) >= 11 is 1.29. The number of aromatic hydroxyl groups is 1. The number of nitrogens with one attached hydrogen (secondary N) is 2. The van der Waals surface area contributed by atoms with E-state index in [1.165, 1.54) is 30.0 Å². The van der Waals surface area contributed by atoms with Crippen molar-refractivity contribution in [1.82, 2.24) is 0 Å². The van der Waals surface area contributed by atoms with E-state index in [0.717, 1.165) is 4.90 Å². The molecule has 0 spiro atoms. The first-order chi connectivity index (χ1) is 13.5. The molecule has 0 aliphatic rings. The van der Waals surface area contributed by atoms with Crippen LogP contribution in [0.4, 0.5) is 11.4 Å². The lowest BCUT2D eigenvalue weighted by molar-refractivity contribution is -0.118. The first kappa shape index (κ1) is 22.3. The average molecular weight is 416 g/mol. The Balaban J connectivity index is 1.93. The number of carbonyl (C=O) groups excluding carboxylic acids is 2. The molecule has 0 aliphatic carbocycles. The zero-order valence-corrected chi connectivity index (χ0v) is 17.3. The maximum atomic E-state index is 12.2. The van der Waals surface area contributed by atoms with Gasteiger partial charge in [0.05, 0.1) is 5.75 Å². The van der Waals surface area contributed by atoms with Gasteiger partial charge in [0.15, 0.2) is 0 Å². The molecule has 0 aliphatic heterocycles. The summed E-state index contributed by atoms with van der Waals surface area (Å²) in [6, 6.07) is 11.1. The van der Waals surface area contributed by atoms with Crippen molar-refractivity contribution in [2.75, 3.05) is 16.4 Å². The first-order valence-corrected chi connectivity index (χ1v) is 9.91. The summed E-state index contributed by atoms with van der Waals surface area (Å²) < 4.78 is 0. The Bertz CT molecular complexity index is 922. The van der Waals surface area contributed by atoms with E-state index < -0.39 is 5.97 Å². The fourth-order valence-electron chi connectivity index (χ4n) is 2.48. The van der Waals surface area contributed by atoms with Crippen LogP contribution in [-0.2, 0) is 9.59 Å². The zero-order chi connectivity index (χ0) is 21.6. The third kappa shape index (κ3) is 7.50. The summed E-state index contributed by atoms with van der Waals surface area (Å²) in [5.74, 6) is -1.94. The van der Waals surface area contributed by atoms with Gasteiger partial charge in [-0.25, -0.2) is 4.79 Å². The van der Waals surface area contributed by atoms with Gasteiger partial charge in [0, 0.05) is 22.7 Å². The van der Waals surface area contributed by atoms with Crippen molar-refractivity contribution >= 4 is 40.9 Å². The number of anilines is 2. The highest BCUT2D eigenvalue weighted by atomic mass is 32.2. The Morgan fingerprint density at radius 3 is 2.28 bits per heavy atom. The molecule has 2 rings (SSSR count). The van der Waals surface area contributed by atoms with E-state index in [9.17, 15) is 19.5 Å². The van der Waals surface area contributed by atoms with E-state index in [0.29, 0.717) is 12.1 Å². The molecule has 0 fully saturated rings. The lowest BCUT2D eigenvalue weighted by Crippen LogP contribution is -2.19. The third-order valence-corrected chi connectivity index (χ3v) is 4.68. The van der Waals surface area contributed by atoms with Crippen LogP contribution < -0.4 is 10.6 Å². The quantitative estimate of drug-likeness (QED) is 0.397. The number of carbonyl (C=O) groups is 3. The van der Waals surface area contributed by atoms with Gasteiger partial charge in [0.25, 0.3) is 0 Å². The van der Waals surface area contributed by atoms with Crippen LogP contribution in [0.3, 0.4) is 0 Å². The Morgan fingerprint density at radius 2 is 1.62 bits per heavy atom. The Hall–Kier alpha value is -3.00. The molecule has 0 radical (unpaired) electrons. The van der Waals surface area contributed by atoms with Gasteiger partial charge < -0.3 is 20.8 Å². The second kappa shape index (κ2) is 9.47. The van der Waals surface area contributed by atoms with Crippen molar-refractivity contribution in [3.05, 3.63) is 48.0 Å². The van der Waals surface area contributed by atoms with Gasteiger partial charge in [-0.05, 0) is 41.8 Å². The minimum absolute atomic E-state index is 0.0704. The van der Waals surface area contributed by atoms with Crippen molar-refractivity contribution in [1.29, 1.82) is 0 Å². The lowest BCUT2D eigenvalue weighted by Gasteiger charge is -2.17. The Morgan fingerprint density at radius 1 is 0.966 bits per heavy atom. The highest BCUT2D eigenvalue weighted by Crippen LogP contribution is 2.25. The summed E-state index contributed by atoms with van der Waals surface area (Å²) in [6.45, 7) is 5.97. The highest BCUT2D eigenvalue weighted by Gasteiger charge is 2.16. The molecule has 0 aromatic heterocycles. The molecular weight excluding hydrogens is 392 g/mol. The predicted octanol–water partition coefficient (Wildman–Crippen LogP) is 4.20. The molecule has 0 atom stereocenters. The van der Waals surface area contributed by atoms with Crippen LogP contribution in [-0.4, -0.2) is 33.7 Å². The SMILES string of the molecule is CC(C)(C)CC(=O)Nc1cccc(SCC(=O)Nc2ccc(O)c(C(=O)O)c2)c1. The number of hydrogen-bond acceptors (Lipinski definition) is 5. The van der Waals surface area contributed by atoms with Crippen LogP contribution in [0.2, 0.25) is 0 Å². The van der Waals surface area contributed by atoms with E-state index in [4.69, 9.17) is 5.11 Å². The second-order valence-electron chi connectivity index (χ2n) is 7.69. The van der Waals surface area contributed by atoms with Gasteiger partial charge in [-0.3, -0.25) is 9.59 Å². The molecule has 4 N–H and O–H groups in total. The van der Waals surface area contributed by atoms with Gasteiger partial charge in [0.2, 0.25) is 11.8 Å². The maximum Gasteiger partial charge on any atom is 0.339 e. The molecule has 8 heteroatoms. The molecule has 0 bridgehead atoms. The van der Waals surface area contributed by atoms with Crippen molar-refractivity contribution in [2.24, 2.45) is 5.41 Å². The molecule has 0 unspecified atom stereocenters. The summed E-state index contributed by atoms with van der Waals surface area (Å²) in [5, 5.41) is 24.0. The van der Waals surface area contributed by atoms with Gasteiger partial charge in [0.1, 0.15) is 11.3 Å². The Labute approximate surface area is 173 Å². The van der Waals surface area contributed by atoms with Crippen molar-refractivity contribution in [3.8, 4) is 5.75 Å². The molecule has 154 valence electrons. The van der Waals surface area contributed by atoms with Crippen LogP contribution in [0.5, 0.6) is 5.75 Å². The van der Waals surface area contributed by atoms with E-state index in [1.54, 1.807) is 18.2 Å². The van der Waals surface area contributed by atoms with Crippen LogP contribution in [0.25, 0.3) is 0 Å². The fraction of sp³-hybridized carbons (Fsp3) is 0.286. The van der Waals surface area contributed by atoms with E-state index in [-0.39, 0.29) is 40.0 Å². The number of carboxylic acids is 1. The minimum Gasteiger partial charge on any atom is -0.507 e. The smallest absolute Gasteiger partial charge is 0.339 e. The number of benzene rings is 2. The van der Waals surface area contributed by atoms with Gasteiger partial charge in [-0.1, -0.05) is 26.8 Å². The number of thioether (sulfide) groups is 1. The number of hydrogen-bond donors (Lipinski definition) is 4. The van der Waals surface area contributed by atoms with Gasteiger partial charge in [-0.2, -0.15) is 0 Å². The third-order valence-electron chi connectivity index (χ3n) is 3.69. The van der Waals surface area contributed by atoms with Gasteiger partial charge >= 0.3 is 5.97 Å².